The van der Waals surface area contributed by atoms with Crippen molar-refractivity contribution in [3.63, 3.8) is 0 Å². The predicted octanol–water partition coefficient (Wildman–Crippen LogP) is 2.04. The molecule has 1 aliphatic heterocycles. The molecule has 2 amide bonds. The number of rotatable bonds is 2. The average Bonchev–Trinajstić information content (AvgIpc) is 2.49. The zero-order chi connectivity index (χ0) is 16.3. The average molecular weight is 304 g/mol. The van der Waals surface area contributed by atoms with Crippen molar-refractivity contribution >= 4 is 17.5 Å². The van der Waals surface area contributed by atoms with Gasteiger partial charge in [-0.05, 0) is 36.8 Å². The maximum Gasteiger partial charge on any atom is 0.313 e. The summed E-state index contributed by atoms with van der Waals surface area (Å²) >= 11 is 0. The summed E-state index contributed by atoms with van der Waals surface area (Å²) in [5.74, 6) is -0.868. The summed E-state index contributed by atoms with van der Waals surface area (Å²) in [5.41, 5.74) is 2.70. The molecule has 22 heavy (non-hydrogen) atoms. The van der Waals surface area contributed by atoms with E-state index in [0.29, 0.717) is 25.9 Å². The molecule has 0 radical (unpaired) electrons. The molecule has 0 aliphatic carbocycles. The van der Waals surface area contributed by atoms with Crippen molar-refractivity contribution in [2.75, 3.05) is 18.4 Å². The normalized spacial score (nSPS) is 16.0. The fraction of sp³-hybridized carbons (Fsp3) is 0.529. The zero-order valence-electron chi connectivity index (χ0n) is 13.4. The van der Waals surface area contributed by atoms with Gasteiger partial charge in [-0.2, -0.15) is 0 Å². The molecule has 0 saturated carbocycles. The minimum atomic E-state index is -0.604. The Balaban J connectivity index is 2.10. The molecule has 1 heterocycles. The van der Waals surface area contributed by atoms with Gasteiger partial charge in [-0.1, -0.05) is 32.0 Å². The number of benzene rings is 1. The Morgan fingerprint density at radius 3 is 2.50 bits per heavy atom. The van der Waals surface area contributed by atoms with Gasteiger partial charge in [-0.25, -0.2) is 0 Å². The molecular weight excluding hydrogens is 280 g/mol. The van der Waals surface area contributed by atoms with Gasteiger partial charge >= 0.3 is 11.8 Å². The second-order valence-corrected chi connectivity index (χ2v) is 6.17. The van der Waals surface area contributed by atoms with Crippen LogP contribution >= 0.6 is 0 Å². The summed E-state index contributed by atoms with van der Waals surface area (Å²) < 4.78 is 0. The van der Waals surface area contributed by atoms with Gasteiger partial charge in [0.2, 0.25) is 0 Å². The number of amides is 2. The van der Waals surface area contributed by atoms with Crippen LogP contribution < -0.4 is 5.32 Å². The molecule has 2 rings (SSSR count). The van der Waals surface area contributed by atoms with Crippen molar-refractivity contribution in [2.45, 2.75) is 45.6 Å². The van der Waals surface area contributed by atoms with Crippen LogP contribution in [0.25, 0.3) is 0 Å². The van der Waals surface area contributed by atoms with Crippen LogP contribution in [0.15, 0.2) is 18.2 Å². The quantitative estimate of drug-likeness (QED) is 0.822. The number of piperidine rings is 1. The smallest absolute Gasteiger partial charge is 0.313 e. The van der Waals surface area contributed by atoms with Crippen molar-refractivity contribution < 1.29 is 14.7 Å². The van der Waals surface area contributed by atoms with Crippen molar-refractivity contribution in [3.05, 3.63) is 29.3 Å². The zero-order valence-corrected chi connectivity index (χ0v) is 13.4. The number of aliphatic hydroxyl groups excluding tert-OH is 1. The SMILES string of the molecule is Cc1cccc(C(C)C)c1NC(=O)C(=O)N1CCC(O)CC1. The minimum Gasteiger partial charge on any atom is -0.393 e. The van der Waals surface area contributed by atoms with Gasteiger partial charge in [0.25, 0.3) is 0 Å². The van der Waals surface area contributed by atoms with E-state index in [9.17, 15) is 14.7 Å². The third kappa shape index (κ3) is 3.65. The van der Waals surface area contributed by atoms with Crippen LogP contribution in [0.1, 0.15) is 43.7 Å². The number of nitrogens with one attached hydrogen (secondary N) is 1. The number of hydrogen-bond donors (Lipinski definition) is 2. The molecule has 2 N–H and O–H groups in total. The third-order valence-electron chi connectivity index (χ3n) is 4.11. The van der Waals surface area contributed by atoms with Crippen LogP contribution in [-0.2, 0) is 9.59 Å². The second kappa shape index (κ2) is 6.92. The Morgan fingerprint density at radius 2 is 1.91 bits per heavy atom. The minimum absolute atomic E-state index is 0.260. The van der Waals surface area contributed by atoms with E-state index in [1.54, 1.807) is 0 Å². The molecular formula is C17H24N2O3. The van der Waals surface area contributed by atoms with Gasteiger partial charge in [0.05, 0.1) is 6.10 Å². The lowest BCUT2D eigenvalue weighted by atomic mass is 9.98. The standard InChI is InChI=1S/C17H24N2O3/c1-11(2)14-6-4-5-12(3)15(14)18-16(21)17(22)19-9-7-13(20)8-10-19/h4-6,11,13,20H,7-10H2,1-3H3,(H,18,21). The highest BCUT2D eigenvalue weighted by Gasteiger charge is 2.27. The summed E-state index contributed by atoms with van der Waals surface area (Å²) in [5, 5.41) is 12.3. The van der Waals surface area contributed by atoms with E-state index in [1.807, 2.05) is 25.1 Å². The Bertz CT molecular complexity index is 561. The number of anilines is 1. The lowest BCUT2D eigenvalue weighted by Crippen LogP contribution is -2.45. The summed E-state index contributed by atoms with van der Waals surface area (Å²) in [6, 6.07) is 5.84. The molecule has 1 aliphatic rings. The fourth-order valence-corrected chi connectivity index (χ4v) is 2.72. The molecule has 120 valence electrons. The van der Waals surface area contributed by atoms with Crippen LogP contribution in [0.5, 0.6) is 0 Å². The largest absolute Gasteiger partial charge is 0.393 e. The molecule has 0 spiro atoms. The topological polar surface area (TPSA) is 69.6 Å². The van der Waals surface area contributed by atoms with E-state index in [4.69, 9.17) is 0 Å². The molecule has 1 aromatic rings. The van der Waals surface area contributed by atoms with Crippen LogP contribution in [0.3, 0.4) is 0 Å². The van der Waals surface area contributed by atoms with Crippen LogP contribution in [0, 0.1) is 6.92 Å². The third-order valence-corrected chi connectivity index (χ3v) is 4.11. The van der Waals surface area contributed by atoms with Gasteiger partial charge in [0, 0.05) is 18.8 Å². The van der Waals surface area contributed by atoms with Crippen molar-refractivity contribution in [2.24, 2.45) is 0 Å². The first-order chi connectivity index (χ1) is 10.4. The van der Waals surface area contributed by atoms with E-state index < -0.39 is 11.8 Å². The van der Waals surface area contributed by atoms with Crippen molar-refractivity contribution in [1.82, 2.24) is 4.90 Å². The highest BCUT2D eigenvalue weighted by atomic mass is 16.3. The Morgan fingerprint density at radius 1 is 1.27 bits per heavy atom. The monoisotopic (exact) mass is 304 g/mol. The number of carbonyl (C=O) groups is 2. The van der Waals surface area contributed by atoms with Gasteiger partial charge in [0.15, 0.2) is 0 Å². The Labute approximate surface area is 131 Å². The Kier molecular flexibility index (Phi) is 5.19. The molecule has 0 unspecified atom stereocenters. The maximum absolute atomic E-state index is 12.3. The summed E-state index contributed by atoms with van der Waals surface area (Å²) in [6.45, 7) is 6.89. The second-order valence-electron chi connectivity index (χ2n) is 6.17. The number of likely N-dealkylation sites (tertiary alicyclic amines) is 1. The first-order valence-corrected chi connectivity index (χ1v) is 7.78. The molecule has 5 heteroatoms. The van der Waals surface area contributed by atoms with Gasteiger partial charge in [0.1, 0.15) is 0 Å². The van der Waals surface area contributed by atoms with E-state index in [-0.39, 0.29) is 12.0 Å². The summed E-state index contributed by atoms with van der Waals surface area (Å²) in [4.78, 5) is 26.0. The molecule has 1 saturated heterocycles. The van der Waals surface area contributed by atoms with E-state index in [1.165, 1.54) is 4.90 Å². The highest BCUT2D eigenvalue weighted by Crippen LogP contribution is 2.27. The van der Waals surface area contributed by atoms with Crippen LogP contribution in [0.2, 0.25) is 0 Å². The van der Waals surface area contributed by atoms with E-state index >= 15 is 0 Å². The number of aliphatic hydroxyl groups is 1. The van der Waals surface area contributed by atoms with Crippen molar-refractivity contribution in [1.29, 1.82) is 0 Å². The number of hydrogen-bond acceptors (Lipinski definition) is 3. The highest BCUT2D eigenvalue weighted by molar-refractivity contribution is 6.39. The van der Waals surface area contributed by atoms with Crippen LogP contribution in [0.4, 0.5) is 5.69 Å². The van der Waals surface area contributed by atoms with Gasteiger partial charge < -0.3 is 15.3 Å². The molecule has 1 aromatic carbocycles. The van der Waals surface area contributed by atoms with E-state index in [2.05, 4.69) is 19.2 Å². The summed E-state index contributed by atoms with van der Waals surface area (Å²) in [6.07, 6.45) is 0.692. The molecule has 5 nitrogen and oxygen atoms in total. The fourth-order valence-electron chi connectivity index (χ4n) is 2.72. The predicted molar refractivity (Wildman–Crippen MR) is 85.7 cm³/mol. The number of carbonyl (C=O) groups excluding carboxylic acids is 2. The first-order valence-electron chi connectivity index (χ1n) is 7.78. The molecule has 0 bridgehead atoms. The number of aryl methyl sites for hydroxylation is 1. The maximum atomic E-state index is 12.3. The van der Waals surface area contributed by atoms with Gasteiger partial charge in [-0.3, -0.25) is 9.59 Å². The first kappa shape index (κ1) is 16.5. The molecule has 0 aromatic heterocycles. The lowest BCUT2D eigenvalue weighted by Gasteiger charge is -2.29. The van der Waals surface area contributed by atoms with Crippen LogP contribution in [-0.4, -0.2) is 41.0 Å². The van der Waals surface area contributed by atoms with E-state index in [0.717, 1.165) is 16.8 Å². The van der Waals surface area contributed by atoms with Gasteiger partial charge in [-0.15, -0.1) is 0 Å². The lowest BCUT2D eigenvalue weighted by molar-refractivity contribution is -0.144. The summed E-state index contributed by atoms with van der Waals surface area (Å²) in [7, 11) is 0. The Hall–Kier alpha value is -1.88. The number of nitrogens with zero attached hydrogens (tertiary/aromatic N) is 1. The molecule has 0 atom stereocenters. The number of para-hydroxylation sites is 1. The van der Waals surface area contributed by atoms with Crippen molar-refractivity contribution in [3.8, 4) is 0 Å². The molecule has 1 fully saturated rings.